The normalized spacial score (nSPS) is 15.7. The van der Waals surface area contributed by atoms with Gasteiger partial charge in [0.1, 0.15) is 5.75 Å². The van der Waals surface area contributed by atoms with Crippen molar-refractivity contribution in [3.8, 4) is 5.75 Å². The monoisotopic (exact) mass is 385 g/mol. The second kappa shape index (κ2) is 8.05. The van der Waals surface area contributed by atoms with Gasteiger partial charge in [-0.15, -0.1) is 24.5 Å². The van der Waals surface area contributed by atoms with Gasteiger partial charge in [-0.1, -0.05) is 12.1 Å². The number of nitrogens with zero attached hydrogens (tertiary/aromatic N) is 1. The van der Waals surface area contributed by atoms with Crippen molar-refractivity contribution in [3.05, 3.63) is 40.9 Å². The van der Waals surface area contributed by atoms with E-state index in [-0.39, 0.29) is 18.1 Å². The average Bonchev–Trinajstić information content (AvgIpc) is 3.04. The Bertz CT molecular complexity index is 740. The molecule has 26 heavy (non-hydrogen) atoms. The molecule has 9 heteroatoms. The lowest BCUT2D eigenvalue weighted by atomic mass is 9.97. The highest BCUT2D eigenvalue weighted by Gasteiger charge is 2.31. The second-order valence-electron chi connectivity index (χ2n) is 6.01. The van der Waals surface area contributed by atoms with Crippen LogP contribution in [0.4, 0.5) is 18.3 Å². The number of piperidine rings is 1. The average molecular weight is 385 g/mol. The summed E-state index contributed by atoms with van der Waals surface area (Å²) in [7, 11) is 0. The van der Waals surface area contributed by atoms with Gasteiger partial charge in [0.2, 0.25) is 5.91 Å². The van der Waals surface area contributed by atoms with Crippen molar-refractivity contribution in [2.24, 2.45) is 0 Å². The first-order valence-electron chi connectivity index (χ1n) is 8.20. The van der Waals surface area contributed by atoms with E-state index >= 15 is 0 Å². The molecule has 1 fully saturated rings. The number of halogens is 3. The van der Waals surface area contributed by atoms with Crippen LogP contribution < -0.4 is 15.4 Å². The van der Waals surface area contributed by atoms with Gasteiger partial charge in [-0.05, 0) is 49.5 Å². The number of anilines is 1. The third kappa shape index (κ3) is 5.43. The van der Waals surface area contributed by atoms with E-state index in [1.54, 1.807) is 6.20 Å². The maximum atomic E-state index is 12.1. The Hall–Kier alpha value is -2.13. The van der Waals surface area contributed by atoms with Crippen molar-refractivity contribution in [2.45, 2.75) is 31.5 Å². The number of rotatable bonds is 5. The maximum absolute atomic E-state index is 12.1. The molecule has 1 aliphatic rings. The standard InChI is InChI=1S/C17H18F3N3O2S/c18-17(19,20)25-13-3-1-11(2-4-13)9-15(24)23-16-22-10-14(26-16)12-5-7-21-8-6-12/h1-4,10,12,21H,5-9H2,(H,22,23,24). The van der Waals surface area contributed by atoms with Crippen molar-refractivity contribution in [1.29, 1.82) is 0 Å². The van der Waals surface area contributed by atoms with Gasteiger partial charge in [-0.2, -0.15) is 0 Å². The Kier molecular flexibility index (Phi) is 5.77. The molecule has 140 valence electrons. The molecule has 0 bridgehead atoms. The summed E-state index contributed by atoms with van der Waals surface area (Å²) in [6.45, 7) is 1.97. The van der Waals surface area contributed by atoms with Gasteiger partial charge < -0.3 is 15.4 Å². The van der Waals surface area contributed by atoms with Gasteiger partial charge in [0.25, 0.3) is 0 Å². The van der Waals surface area contributed by atoms with Crippen LogP contribution in [-0.4, -0.2) is 30.3 Å². The molecule has 1 aromatic heterocycles. The topological polar surface area (TPSA) is 63.2 Å². The van der Waals surface area contributed by atoms with Crippen LogP contribution in [0.1, 0.15) is 29.2 Å². The smallest absolute Gasteiger partial charge is 0.406 e. The highest BCUT2D eigenvalue weighted by atomic mass is 32.1. The van der Waals surface area contributed by atoms with E-state index in [0.29, 0.717) is 16.6 Å². The lowest BCUT2D eigenvalue weighted by molar-refractivity contribution is -0.274. The molecule has 2 N–H and O–H groups in total. The lowest BCUT2D eigenvalue weighted by Crippen LogP contribution is -2.26. The number of amides is 1. The van der Waals surface area contributed by atoms with E-state index in [1.807, 2.05) is 0 Å². The van der Waals surface area contributed by atoms with E-state index in [2.05, 4.69) is 20.4 Å². The van der Waals surface area contributed by atoms with Gasteiger partial charge in [-0.25, -0.2) is 4.98 Å². The predicted molar refractivity (Wildman–Crippen MR) is 92.4 cm³/mol. The third-order valence-electron chi connectivity index (χ3n) is 4.03. The summed E-state index contributed by atoms with van der Waals surface area (Å²) in [5, 5.41) is 6.60. The fraction of sp³-hybridized carbons (Fsp3) is 0.412. The first-order chi connectivity index (χ1) is 12.4. The van der Waals surface area contributed by atoms with Crippen LogP contribution in [0.15, 0.2) is 30.5 Å². The molecule has 0 spiro atoms. The molecule has 3 rings (SSSR count). The van der Waals surface area contributed by atoms with E-state index in [1.165, 1.54) is 35.6 Å². The van der Waals surface area contributed by atoms with Crippen molar-refractivity contribution >= 4 is 22.4 Å². The Morgan fingerprint density at radius 2 is 1.96 bits per heavy atom. The number of aromatic nitrogens is 1. The summed E-state index contributed by atoms with van der Waals surface area (Å²) in [5.74, 6) is -0.102. The fourth-order valence-corrected chi connectivity index (χ4v) is 3.80. The summed E-state index contributed by atoms with van der Waals surface area (Å²) in [4.78, 5) is 17.5. The summed E-state index contributed by atoms with van der Waals surface area (Å²) in [6, 6.07) is 5.25. The van der Waals surface area contributed by atoms with E-state index in [0.717, 1.165) is 30.8 Å². The first kappa shape index (κ1) is 18.7. The van der Waals surface area contributed by atoms with Crippen molar-refractivity contribution in [3.63, 3.8) is 0 Å². The zero-order valence-electron chi connectivity index (χ0n) is 13.8. The first-order valence-corrected chi connectivity index (χ1v) is 9.02. The van der Waals surface area contributed by atoms with Crippen LogP contribution in [0.5, 0.6) is 5.75 Å². The Morgan fingerprint density at radius 3 is 2.62 bits per heavy atom. The van der Waals surface area contributed by atoms with Crippen LogP contribution in [0.25, 0.3) is 0 Å². The van der Waals surface area contributed by atoms with Crippen LogP contribution in [-0.2, 0) is 11.2 Å². The molecule has 1 aliphatic heterocycles. The third-order valence-corrected chi connectivity index (χ3v) is 5.11. The maximum Gasteiger partial charge on any atom is 0.573 e. The van der Waals surface area contributed by atoms with E-state index in [4.69, 9.17) is 0 Å². The van der Waals surface area contributed by atoms with Gasteiger partial charge in [0.05, 0.1) is 6.42 Å². The molecular weight excluding hydrogens is 367 g/mol. The SMILES string of the molecule is O=C(Cc1ccc(OC(F)(F)F)cc1)Nc1ncc(C2CCNCC2)s1. The molecule has 5 nitrogen and oxygen atoms in total. The molecule has 0 unspecified atom stereocenters. The number of thiazole rings is 1. The number of carbonyl (C=O) groups is 1. The number of hydrogen-bond acceptors (Lipinski definition) is 5. The minimum Gasteiger partial charge on any atom is -0.406 e. The quantitative estimate of drug-likeness (QED) is 0.824. The van der Waals surface area contributed by atoms with Crippen LogP contribution in [0.3, 0.4) is 0 Å². The predicted octanol–water partition coefficient (Wildman–Crippen LogP) is 3.69. The van der Waals surface area contributed by atoms with Crippen molar-refractivity contribution in [2.75, 3.05) is 18.4 Å². The molecule has 1 aromatic carbocycles. The minimum absolute atomic E-state index is 0.0502. The van der Waals surface area contributed by atoms with E-state index in [9.17, 15) is 18.0 Å². The van der Waals surface area contributed by atoms with Crippen LogP contribution in [0.2, 0.25) is 0 Å². The largest absolute Gasteiger partial charge is 0.573 e. The summed E-state index contributed by atoms with van der Waals surface area (Å²) >= 11 is 1.47. The number of nitrogens with one attached hydrogen (secondary N) is 2. The number of carbonyl (C=O) groups excluding carboxylic acids is 1. The Morgan fingerprint density at radius 1 is 1.27 bits per heavy atom. The lowest BCUT2D eigenvalue weighted by Gasteiger charge is -2.20. The molecular formula is C17H18F3N3O2S. The zero-order valence-corrected chi connectivity index (χ0v) is 14.6. The highest BCUT2D eigenvalue weighted by Crippen LogP contribution is 2.31. The molecule has 0 saturated carbocycles. The van der Waals surface area contributed by atoms with Crippen LogP contribution >= 0.6 is 11.3 Å². The molecule has 2 heterocycles. The van der Waals surface area contributed by atoms with Crippen molar-refractivity contribution in [1.82, 2.24) is 10.3 Å². The van der Waals surface area contributed by atoms with Gasteiger partial charge in [0, 0.05) is 11.1 Å². The number of alkyl halides is 3. The fourth-order valence-electron chi connectivity index (χ4n) is 2.80. The number of ether oxygens (including phenoxy) is 1. The zero-order chi connectivity index (χ0) is 18.6. The van der Waals surface area contributed by atoms with Crippen LogP contribution in [0, 0.1) is 0 Å². The molecule has 1 saturated heterocycles. The molecule has 2 aromatic rings. The Balaban J connectivity index is 1.53. The molecule has 0 radical (unpaired) electrons. The summed E-state index contributed by atoms with van der Waals surface area (Å²) in [5.41, 5.74) is 0.590. The van der Waals surface area contributed by atoms with Crippen molar-refractivity contribution < 1.29 is 22.7 Å². The molecule has 0 aliphatic carbocycles. The molecule has 1 amide bonds. The van der Waals surface area contributed by atoms with E-state index < -0.39 is 6.36 Å². The summed E-state index contributed by atoms with van der Waals surface area (Å²) < 4.78 is 40.2. The molecule has 0 atom stereocenters. The van der Waals surface area contributed by atoms with Gasteiger partial charge in [0.15, 0.2) is 5.13 Å². The second-order valence-corrected chi connectivity index (χ2v) is 7.07. The summed E-state index contributed by atoms with van der Waals surface area (Å²) in [6.07, 6.45) is -0.756. The number of benzene rings is 1. The highest BCUT2D eigenvalue weighted by molar-refractivity contribution is 7.15. The Labute approximate surface area is 152 Å². The van der Waals surface area contributed by atoms with Gasteiger partial charge >= 0.3 is 6.36 Å². The van der Waals surface area contributed by atoms with Gasteiger partial charge in [-0.3, -0.25) is 4.79 Å². The number of hydrogen-bond donors (Lipinski definition) is 2. The minimum atomic E-state index is -4.73.